The fourth-order valence-corrected chi connectivity index (χ4v) is 3.48. The van der Waals surface area contributed by atoms with Gasteiger partial charge >= 0.3 is 0 Å². The van der Waals surface area contributed by atoms with Gasteiger partial charge in [-0.05, 0) is 63.2 Å². The van der Waals surface area contributed by atoms with Gasteiger partial charge in [-0.1, -0.05) is 17.7 Å². The van der Waals surface area contributed by atoms with Crippen LogP contribution in [0.5, 0.6) is 5.75 Å². The van der Waals surface area contributed by atoms with Gasteiger partial charge in [0, 0.05) is 5.56 Å². The first kappa shape index (κ1) is 19.9. The van der Waals surface area contributed by atoms with Crippen LogP contribution >= 0.6 is 0 Å². The van der Waals surface area contributed by atoms with Crippen molar-refractivity contribution >= 4 is 15.9 Å². The molecule has 0 aliphatic rings. The minimum absolute atomic E-state index is 0.112. The molecule has 7 heteroatoms. The highest BCUT2D eigenvalue weighted by Gasteiger charge is 2.19. The summed E-state index contributed by atoms with van der Waals surface area (Å²) in [6.07, 6.45) is 0. The van der Waals surface area contributed by atoms with Gasteiger partial charge in [-0.25, -0.2) is 13.1 Å². The number of carbonyl (C=O) groups excluding carboxylic acids is 1. The van der Waals surface area contributed by atoms with Crippen molar-refractivity contribution in [3.8, 4) is 5.75 Å². The standard InChI is InChI=1S/C19H24N2O4S/c1-13-5-7-17(8-6-13)25-10-9-21-19(22)16-11-14(2)15(3)18(12-16)26(23,24)20-4/h5-8,11-12,20H,9-10H2,1-4H3,(H,21,22). The van der Waals surface area contributed by atoms with Crippen molar-refractivity contribution in [2.75, 3.05) is 20.2 Å². The average Bonchev–Trinajstić information content (AvgIpc) is 2.62. The Bertz CT molecular complexity index is 891. The van der Waals surface area contributed by atoms with Gasteiger partial charge in [0.25, 0.3) is 5.91 Å². The number of amides is 1. The molecule has 0 saturated heterocycles. The maximum atomic E-state index is 12.3. The van der Waals surface area contributed by atoms with E-state index in [1.54, 1.807) is 19.9 Å². The topological polar surface area (TPSA) is 84.5 Å². The second-order valence-corrected chi connectivity index (χ2v) is 7.90. The molecule has 0 aromatic heterocycles. The molecule has 0 radical (unpaired) electrons. The van der Waals surface area contributed by atoms with E-state index in [2.05, 4.69) is 10.0 Å². The summed E-state index contributed by atoms with van der Waals surface area (Å²) in [7, 11) is -2.28. The Morgan fingerprint density at radius 2 is 1.73 bits per heavy atom. The first-order valence-corrected chi connectivity index (χ1v) is 9.75. The molecule has 0 spiro atoms. The van der Waals surface area contributed by atoms with E-state index in [0.717, 1.165) is 16.9 Å². The molecule has 2 aromatic rings. The molecule has 26 heavy (non-hydrogen) atoms. The Kier molecular flexibility index (Phi) is 6.39. The number of sulfonamides is 1. The molecule has 0 aliphatic carbocycles. The van der Waals surface area contributed by atoms with Crippen LogP contribution in [0.15, 0.2) is 41.3 Å². The van der Waals surface area contributed by atoms with Crippen molar-refractivity contribution in [1.82, 2.24) is 10.0 Å². The maximum Gasteiger partial charge on any atom is 0.251 e. The highest BCUT2D eigenvalue weighted by molar-refractivity contribution is 7.89. The molecule has 140 valence electrons. The Labute approximate surface area is 154 Å². The molecule has 0 fully saturated rings. The number of hydrogen-bond donors (Lipinski definition) is 2. The molecule has 0 atom stereocenters. The molecule has 2 rings (SSSR count). The van der Waals surface area contributed by atoms with E-state index in [1.807, 2.05) is 31.2 Å². The van der Waals surface area contributed by atoms with Gasteiger partial charge in [0.05, 0.1) is 11.4 Å². The lowest BCUT2D eigenvalue weighted by molar-refractivity contribution is 0.0946. The van der Waals surface area contributed by atoms with E-state index in [-0.39, 0.29) is 10.8 Å². The molecule has 1 amide bonds. The molecule has 2 aromatic carbocycles. The van der Waals surface area contributed by atoms with Gasteiger partial charge < -0.3 is 10.1 Å². The third-order valence-electron chi connectivity index (χ3n) is 4.12. The number of ether oxygens (including phenoxy) is 1. The molecule has 2 N–H and O–H groups in total. The number of nitrogens with one attached hydrogen (secondary N) is 2. The normalized spacial score (nSPS) is 11.2. The van der Waals surface area contributed by atoms with Crippen molar-refractivity contribution in [2.24, 2.45) is 0 Å². The summed E-state index contributed by atoms with van der Waals surface area (Å²) in [6, 6.07) is 10.7. The second-order valence-electron chi connectivity index (χ2n) is 6.04. The Balaban J connectivity index is 2.02. The van der Waals surface area contributed by atoms with Crippen LogP contribution in [0.25, 0.3) is 0 Å². The predicted octanol–water partition coefficient (Wildman–Crippen LogP) is 2.33. The SMILES string of the molecule is CNS(=O)(=O)c1cc(C(=O)NCCOc2ccc(C)cc2)cc(C)c1C. The minimum Gasteiger partial charge on any atom is -0.492 e. The third-order valence-corrected chi connectivity index (χ3v) is 5.66. The Morgan fingerprint density at radius 3 is 2.35 bits per heavy atom. The molecule has 0 heterocycles. The van der Waals surface area contributed by atoms with E-state index in [1.165, 1.54) is 13.1 Å². The quantitative estimate of drug-likeness (QED) is 0.727. The van der Waals surface area contributed by atoms with Crippen molar-refractivity contribution < 1.29 is 17.9 Å². The number of hydrogen-bond acceptors (Lipinski definition) is 4. The third kappa shape index (κ3) is 4.83. The zero-order valence-corrected chi connectivity index (χ0v) is 16.2. The predicted molar refractivity (Wildman–Crippen MR) is 101 cm³/mol. The van der Waals surface area contributed by atoms with E-state index in [4.69, 9.17) is 4.74 Å². The summed E-state index contributed by atoms with van der Waals surface area (Å²) in [5, 5.41) is 2.74. The highest BCUT2D eigenvalue weighted by Crippen LogP contribution is 2.21. The molecular formula is C19H24N2O4S. The maximum absolute atomic E-state index is 12.3. The monoisotopic (exact) mass is 376 g/mol. The van der Waals surface area contributed by atoms with Crippen molar-refractivity contribution in [3.63, 3.8) is 0 Å². The number of carbonyl (C=O) groups is 1. The van der Waals surface area contributed by atoms with E-state index < -0.39 is 10.0 Å². The number of rotatable bonds is 7. The highest BCUT2D eigenvalue weighted by atomic mass is 32.2. The van der Waals surface area contributed by atoms with Crippen LogP contribution in [-0.2, 0) is 10.0 Å². The van der Waals surface area contributed by atoms with Crippen LogP contribution < -0.4 is 14.8 Å². The van der Waals surface area contributed by atoms with Crippen LogP contribution in [-0.4, -0.2) is 34.5 Å². The van der Waals surface area contributed by atoms with Gasteiger partial charge in [-0.2, -0.15) is 0 Å². The lowest BCUT2D eigenvalue weighted by atomic mass is 10.1. The van der Waals surface area contributed by atoms with Crippen LogP contribution in [0.3, 0.4) is 0 Å². The molecule has 6 nitrogen and oxygen atoms in total. The van der Waals surface area contributed by atoms with Crippen molar-refractivity contribution in [3.05, 3.63) is 58.7 Å². The fourth-order valence-electron chi connectivity index (χ4n) is 2.42. The van der Waals surface area contributed by atoms with Crippen molar-refractivity contribution in [2.45, 2.75) is 25.7 Å². The van der Waals surface area contributed by atoms with Gasteiger partial charge in [-0.3, -0.25) is 4.79 Å². The summed E-state index contributed by atoms with van der Waals surface area (Å²) >= 11 is 0. The molecule has 0 bridgehead atoms. The first-order chi connectivity index (χ1) is 12.2. The smallest absolute Gasteiger partial charge is 0.251 e. The lowest BCUT2D eigenvalue weighted by Gasteiger charge is -2.13. The van der Waals surface area contributed by atoms with E-state index in [0.29, 0.717) is 24.3 Å². The zero-order chi connectivity index (χ0) is 19.3. The van der Waals surface area contributed by atoms with E-state index in [9.17, 15) is 13.2 Å². The van der Waals surface area contributed by atoms with Gasteiger partial charge in [0.15, 0.2) is 0 Å². The zero-order valence-electron chi connectivity index (χ0n) is 15.4. The lowest BCUT2D eigenvalue weighted by Crippen LogP contribution is -2.29. The van der Waals surface area contributed by atoms with Crippen LogP contribution in [0, 0.1) is 20.8 Å². The number of aryl methyl sites for hydroxylation is 2. The largest absolute Gasteiger partial charge is 0.492 e. The summed E-state index contributed by atoms with van der Waals surface area (Å²) in [5.41, 5.74) is 2.81. The molecular weight excluding hydrogens is 352 g/mol. The summed E-state index contributed by atoms with van der Waals surface area (Å²) < 4.78 is 32.1. The molecule has 0 aliphatic heterocycles. The van der Waals surface area contributed by atoms with Gasteiger partial charge in [0.2, 0.25) is 10.0 Å². The summed E-state index contributed by atoms with van der Waals surface area (Å²) in [6.45, 7) is 6.13. The average molecular weight is 376 g/mol. The molecule has 0 unspecified atom stereocenters. The summed E-state index contributed by atoms with van der Waals surface area (Å²) in [4.78, 5) is 12.5. The first-order valence-electron chi connectivity index (χ1n) is 8.27. The minimum atomic E-state index is -3.63. The fraction of sp³-hybridized carbons (Fsp3) is 0.316. The Hall–Kier alpha value is -2.38. The van der Waals surface area contributed by atoms with Crippen molar-refractivity contribution in [1.29, 1.82) is 0 Å². The Morgan fingerprint density at radius 1 is 1.08 bits per heavy atom. The van der Waals surface area contributed by atoms with Crippen LogP contribution in [0.1, 0.15) is 27.0 Å². The van der Waals surface area contributed by atoms with Crippen LogP contribution in [0.4, 0.5) is 0 Å². The van der Waals surface area contributed by atoms with Gasteiger partial charge in [0.1, 0.15) is 12.4 Å². The molecule has 0 saturated carbocycles. The van der Waals surface area contributed by atoms with E-state index >= 15 is 0 Å². The summed E-state index contributed by atoms with van der Waals surface area (Å²) in [5.74, 6) is 0.395. The number of benzene rings is 2. The van der Waals surface area contributed by atoms with Crippen LogP contribution in [0.2, 0.25) is 0 Å². The second kappa shape index (κ2) is 8.33. The van der Waals surface area contributed by atoms with Gasteiger partial charge in [-0.15, -0.1) is 0 Å².